The summed E-state index contributed by atoms with van der Waals surface area (Å²) < 4.78 is 10.8. The first-order valence-electron chi connectivity index (χ1n) is 9.06. The highest BCUT2D eigenvalue weighted by Gasteiger charge is 2.11. The number of aromatic nitrogens is 2. The number of hydrogen-bond acceptors (Lipinski definition) is 7. The van der Waals surface area contributed by atoms with Crippen LogP contribution in [0.25, 0.3) is 0 Å². The second-order valence-corrected chi connectivity index (χ2v) is 6.90. The first-order valence-corrected chi connectivity index (χ1v) is 9.44. The highest BCUT2D eigenvalue weighted by molar-refractivity contribution is 6.31. The molecule has 1 aromatic carbocycles. The van der Waals surface area contributed by atoms with Crippen LogP contribution < -0.4 is 15.4 Å². The van der Waals surface area contributed by atoms with E-state index in [1.54, 1.807) is 13.2 Å². The number of aryl methyl sites for hydroxylation is 2. The van der Waals surface area contributed by atoms with E-state index in [-0.39, 0.29) is 0 Å². The van der Waals surface area contributed by atoms with Crippen molar-refractivity contribution in [2.24, 2.45) is 0 Å². The summed E-state index contributed by atoms with van der Waals surface area (Å²) in [6.07, 6.45) is 0. The van der Waals surface area contributed by atoms with Crippen LogP contribution >= 0.6 is 11.6 Å². The molecule has 8 heteroatoms. The minimum atomic E-state index is 0.668. The summed E-state index contributed by atoms with van der Waals surface area (Å²) in [5.74, 6) is 2.86. The zero-order chi connectivity index (χ0) is 19.2. The molecule has 0 bridgehead atoms. The molecule has 2 aromatic rings. The molecule has 2 heterocycles. The zero-order valence-corrected chi connectivity index (χ0v) is 16.8. The van der Waals surface area contributed by atoms with Gasteiger partial charge in [0.1, 0.15) is 23.2 Å². The van der Waals surface area contributed by atoms with Crippen LogP contribution in [0.1, 0.15) is 11.4 Å². The van der Waals surface area contributed by atoms with E-state index >= 15 is 0 Å². The lowest BCUT2D eigenvalue weighted by Gasteiger charge is -2.26. The quantitative estimate of drug-likeness (QED) is 0.750. The molecule has 0 aliphatic carbocycles. The summed E-state index contributed by atoms with van der Waals surface area (Å²) in [5, 5.41) is 7.36. The predicted octanol–water partition coefficient (Wildman–Crippen LogP) is 3.24. The number of nitrogens with zero attached hydrogens (tertiary/aromatic N) is 3. The number of ether oxygens (including phenoxy) is 2. The van der Waals surface area contributed by atoms with E-state index in [0.29, 0.717) is 22.4 Å². The van der Waals surface area contributed by atoms with Crippen LogP contribution in [0.3, 0.4) is 0 Å². The highest BCUT2D eigenvalue weighted by atomic mass is 35.5. The molecule has 0 saturated carbocycles. The maximum absolute atomic E-state index is 6.18. The Morgan fingerprint density at radius 2 is 1.89 bits per heavy atom. The third kappa shape index (κ3) is 5.45. The summed E-state index contributed by atoms with van der Waals surface area (Å²) in [7, 11) is 1.62. The van der Waals surface area contributed by atoms with Crippen molar-refractivity contribution in [2.45, 2.75) is 13.8 Å². The number of anilines is 3. The Bertz CT molecular complexity index is 781. The number of benzene rings is 1. The molecule has 0 spiro atoms. The second-order valence-electron chi connectivity index (χ2n) is 6.49. The minimum Gasteiger partial charge on any atom is -0.495 e. The molecule has 1 saturated heterocycles. The summed E-state index contributed by atoms with van der Waals surface area (Å²) in [6.45, 7) is 9.18. The molecule has 146 valence electrons. The fourth-order valence-corrected chi connectivity index (χ4v) is 3.11. The van der Waals surface area contributed by atoms with Crippen LogP contribution in [0.4, 0.5) is 17.3 Å². The maximum atomic E-state index is 6.18. The topological polar surface area (TPSA) is 71.5 Å². The van der Waals surface area contributed by atoms with Gasteiger partial charge >= 0.3 is 0 Å². The molecule has 0 radical (unpaired) electrons. The van der Waals surface area contributed by atoms with Crippen molar-refractivity contribution in [3.05, 3.63) is 34.6 Å². The Labute approximate surface area is 165 Å². The lowest BCUT2D eigenvalue weighted by atomic mass is 10.2. The van der Waals surface area contributed by atoms with E-state index in [9.17, 15) is 0 Å². The summed E-state index contributed by atoms with van der Waals surface area (Å²) in [6, 6.07) is 5.65. The average molecular weight is 392 g/mol. The van der Waals surface area contributed by atoms with Gasteiger partial charge in [0.2, 0.25) is 0 Å². The Morgan fingerprint density at radius 3 is 2.63 bits per heavy atom. The normalized spacial score (nSPS) is 14.8. The average Bonchev–Trinajstić information content (AvgIpc) is 2.65. The third-order valence-electron chi connectivity index (χ3n) is 4.42. The summed E-state index contributed by atoms with van der Waals surface area (Å²) >= 11 is 6.18. The van der Waals surface area contributed by atoms with Gasteiger partial charge in [-0.3, -0.25) is 4.90 Å². The predicted molar refractivity (Wildman–Crippen MR) is 109 cm³/mol. The van der Waals surface area contributed by atoms with Crippen LogP contribution in [-0.4, -0.2) is 61.4 Å². The zero-order valence-electron chi connectivity index (χ0n) is 16.0. The van der Waals surface area contributed by atoms with Gasteiger partial charge in [-0.2, -0.15) is 0 Å². The van der Waals surface area contributed by atoms with Gasteiger partial charge in [-0.1, -0.05) is 11.6 Å². The van der Waals surface area contributed by atoms with Crippen molar-refractivity contribution in [2.75, 3.05) is 57.1 Å². The van der Waals surface area contributed by atoms with Gasteiger partial charge < -0.3 is 20.1 Å². The van der Waals surface area contributed by atoms with Crippen LogP contribution in [0.15, 0.2) is 18.2 Å². The SMILES string of the molecule is COc1cc(Cl)c(C)cc1Nc1cc(NCCN2CCOCC2)nc(C)n1. The molecule has 1 aromatic heterocycles. The summed E-state index contributed by atoms with van der Waals surface area (Å²) in [4.78, 5) is 11.3. The second kappa shape index (κ2) is 9.21. The minimum absolute atomic E-state index is 0.668. The first-order chi connectivity index (χ1) is 13.0. The highest BCUT2D eigenvalue weighted by Crippen LogP contribution is 2.32. The maximum Gasteiger partial charge on any atom is 0.143 e. The standard InChI is InChI=1S/C19H26ClN5O2/c1-13-10-16(17(26-3)11-15(13)20)24-19-12-18(22-14(2)23-19)21-4-5-25-6-8-27-9-7-25/h10-12H,4-9H2,1-3H3,(H2,21,22,23,24). The number of hydrogen-bond donors (Lipinski definition) is 2. The van der Waals surface area contributed by atoms with Crippen molar-refractivity contribution in [3.63, 3.8) is 0 Å². The third-order valence-corrected chi connectivity index (χ3v) is 4.83. The Balaban J connectivity index is 1.67. The molecule has 1 fully saturated rings. The van der Waals surface area contributed by atoms with E-state index in [2.05, 4.69) is 25.5 Å². The van der Waals surface area contributed by atoms with E-state index < -0.39 is 0 Å². The molecule has 27 heavy (non-hydrogen) atoms. The Hall–Kier alpha value is -2.09. The van der Waals surface area contributed by atoms with Crippen LogP contribution in [0, 0.1) is 13.8 Å². The van der Waals surface area contributed by atoms with Gasteiger partial charge in [0.05, 0.1) is 26.0 Å². The van der Waals surface area contributed by atoms with Crippen molar-refractivity contribution in [3.8, 4) is 5.75 Å². The van der Waals surface area contributed by atoms with E-state index in [1.165, 1.54) is 0 Å². The molecular weight excluding hydrogens is 366 g/mol. The van der Waals surface area contributed by atoms with E-state index in [4.69, 9.17) is 21.1 Å². The first kappa shape index (κ1) is 19.7. The van der Waals surface area contributed by atoms with Gasteiger partial charge in [-0.25, -0.2) is 9.97 Å². The van der Waals surface area contributed by atoms with Crippen LogP contribution in [0.2, 0.25) is 5.02 Å². The van der Waals surface area contributed by atoms with Crippen molar-refractivity contribution in [1.82, 2.24) is 14.9 Å². The summed E-state index contributed by atoms with van der Waals surface area (Å²) in [5.41, 5.74) is 1.78. The molecule has 1 aliphatic rings. The fourth-order valence-electron chi connectivity index (χ4n) is 2.96. The van der Waals surface area contributed by atoms with Gasteiger partial charge in [0.25, 0.3) is 0 Å². The smallest absolute Gasteiger partial charge is 0.143 e. The number of rotatable bonds is 7. The molecule has 2 N–H and O–H groups in total. The number of nitrogens with one attached hydrogen (secondary N) is 2. The van der Waals surface area contributed by atoms with Crippen LogP contribution in [0.5, 0.6) is 5.75 Å². The van der Waals surface area contributed by atoms with Gasteiger partial charge in [-0.05, 0) is 25.5 Å². The Morgan fingerprint density at radius 1 is 1.15 bits per heavy atom. The van der Waals surface area contributed by atoms with Gasteiger partial charge in [0.15, 0.2) is 0 Å². The van der Waals surface area contributed by atoms with E-state index in [0.717, 1.165) is 56.5 Å². The largest absolute Gasteiger partial charge is 0.495 e. The number of morpholine rings is 1. The fraction of sp³-hybridized carbons (Fsp3) is 0.474. The van der Waals surface area contributed by atoms with Gasteiger partial charge in [0, 0.05) is 43.3 Å². The molecule has 0 atom stereocenters. The van der Waals surface area contributed by atoms with Crippen molar-refractivity contribution in [1.29, 1.82) is 0 Å². The molecular formula is C19H26ClN5O2. The monoisotopic (exact) mass is 391 g/mol. The Kier molecular flexibility index (Phi) is 6.71. The molecule has 7 nitrogen and oxygen atoms in total. The lowest BCUT2D eigenvalue weighted by molar-refractivity contribution is 0.0398. The number of methoxy groups -OCH3 is 1. The van der Waals surface area contributed by atoms with Crippen molar-refractivity contribution < 1.29 is 9.47 Å². The molecule has 0 unspecified atom stereocenters. The van der Waals surface area contributed by atoms with Crippen LogP contribution in [-0.2, 0) is 4.74 Å². The molecule has 0 amide bonds. The van der Waals surface area contributed by atoms with Gasteiger partial charge in [-0.15, -0.1) is 0 Å². The number of halogens is 1. The molecule has 1 aliphatic heterocycles. The lowest BCUT2D eigenvalue weighted by Crippen LogP contribution is -2.39. The van der Waals surface area contributed by atoms with E-state index in [1.807, 2.05) is 26.0 Å². The van der Waals surface area contributed by atoms with Crippen molar-refractivity contribution >= 4 is 28.9 Å². The molecule has 3 rings (SSSR count).